The maximum atomic E-state index is 11.2. The van der Waals surface area contributed by atoms with Crippen molar-refractivity contribution < 1.29 is 9.53 Å². The van der Waals surface area contributed by atoms with Crippen molar-refractivity contribution in [3.05, 3.63) is 11.4 Å². The van der Waals surface area contributed by atoms with E-state index in [1.165, 1.54) is 0 Å². The van der Waals surface area contributed by atoms with Gasteiger partial charge in [-0.25, -0.2) is 11.4 Å². The monoisotopic (exact) mass is 169 g/mol. The first kappa shape index (κ1) is 11.0. The van der Waals surface area contributed by atoms with Gasteiger partial charge in [0.1, 0.15) is 0 Å². The molecule has 0 fully saturated rings. The van der Waals surface area contributed by atoms with Gasteiger partial charge in [-0.05, 0) is 13.8 Å². The molecule has 0 saturated carbocycles. The minimum atomic E-state index is -0.646. The van der Waals surface area contributed by atoms with Crippen LogP contribution >= 0.6 is 0 Å². The van der Waals surface area contributed by atoms with Crippen LogP contribution in [-0.2, 0) is 9.53 Å². The molecule has 3 heteroatoms. The summed E-state index contributed by atoms with van der Waals surface area (Å²) < 4.78 is 4.91. The van der Waals surface area contributed by atoms with Crippen molar-refractivity contribution in [3.63, 3.8) is 0 Å². The lowest BCUT2D eigenvalue weighted by atomic mass is 10.1. The van der Waals surface area contributed by atoms with Crippen molar-refractivity contribution in [3.8, 4) is 0 Å². The van der Waals surface area contributed by atoms with E-state index in [0.29, 0.717) is 0 Å². The van der Waals surface area contributed by atoms with Gasteiger partial charge in [-0.3, -0.25) is 0 Å². The Morgan fingerprint density at radius 1 is 1.33 bits per heavy atom. The molecule has 0 radical (unpaired) electrons. The van der Waals surface area contributed by atoms with Gasteiger partial charge < -0.3 is 9.58 Å². The number of esters is 1. The zero-order chi connectivity index (χ0) is 9.72. The van der Waals surface area contributed by atoms with Crippen LogP contribution in [0, 0.1) is 12.5 Å². The molecular formula is C9H15NO2. The van der Waals surface area contributed by atoms with E-state index < -0.39 is 12.0 Å². The summed E-state index contributed by atoms with van der Waals surface area (Å²) in [6.45, 7) is 14.0. The van der Waals surface area contributed by atoms with E-state index in [0.717, 1.165) is 0 Å². The van der Waals surface area contributed by atoms with Crippen LogP contribution in [0.15, 0.2) is 0 Å². The Balaban J connectivity index is 4.16. The number of rotatable bonds is 3. The van der Waals surface area contributed by atoms with Gasteiger partial charge in [0.2, 0.25) is 0 Å². The summed E-state index contributed by atoms with van der Waals surface area (Å²) in [5, 5.41) is 0. The van der Waals surface area contributed by atoms with E-state index in [1.807, 2.05) is 13.8 Å². The van der Waals surface area contributed by atoms with E-state index in [4.69, 9.17) is 11.3 Å². The molecular weight excluding hydrogens is 154 g/mol. The summed E-state index contributed by atoms with van der Waals surface area (Å²) in [6, 6.07) is -0.646. The van der Waals surface area contributed by atoms with Gasteiger partial charge in [-0.2, -0.15) is 0 Å². The van der Waals surface area contributed by atoms with Crippen molar-refractivity contribution in [2.45, 2.75) is 39.8 Å². The fourth-order valence-corrected chi connectivity index (χ4v) is 0.776. The van der Waals surface area contributed by atoms with Crippen LogP contribution in [0.5, 0.6) is 0 Å². The molecule has 0 aliphatic rings. The maximum Gasteiger partial charge on any atom is 0.390 e. The highest BCUT2D eigenvalue weighted by molar-refractivity contribution is 5.78. The van der Waals surface area contributed by atoms with Gasteiger partial charge in [0, 0.05) is 5.92 Å². The minimum absolute atomic E-state index is 0.0220. The van der Waals surface area contributed by atoms with Gasteiger partial charge >= 0.3 is 12.0 Å². The minimum Gasteiger partial charge on any atom is -0.457 e. The van der Waals surface area contributed by atoms with Gasteiger partial charge in [0.25, 0.3) is 0 Å². The normalized spacial score (nSPS) is 12.8. The van der Waals surface area contributed by atoms with Crippen LogP contribution in [0.3, 0.4) is 0 Å². The van der Waals surface area contributed by atoms with E-state index in [2.05, 4.69) is 4.85 Å². The Morgan fingerprint density at radius 2 is 1.83 bits per heavy atom. The number of carbonyl (C=O) groups excluding carboxylic acids is 1. The fraction of sp³-hybridized carbons (Fsp3) is 0.778. The van der Waals surface area contributed by atoms with Gasteiger partial charge in [0.05, 0.1) is 6.10 Å². The summed E-state index contributed by atoms with van der Waals surface area (Å²) in [5.41, 5.74) is 0. The van der Waals surface area contributed by atoms with E-state index in [9.17, 15) is 4.79 Å². The largest absolute Gasteiger partial charge is 0.457 e. The highest BCUT2D eigenvalue weighted by Gasteiger charge is 2.29. The SMILES string of the molecule is [C-]#[N+][C@H](C(=O)OC(C)C)C(C)C. The summed E-state index contributed by atoms with van der Waals surface area (Å²) in [5.74, 6) is -0.385. The van der Waals surface area contributed by atoms with Gasteiger partial charge in [-0.1, -0.05) is 13.8 Å². The molecule has 0 rings (SSSR count). The van der Waals surface area contributed by atoms with Crippen LogP contribution in [0.2, 0.25) is 0 Å². The lowest BCUT2D eigenvalue weighted by Gasteiger charge is -2.11. The molecule has 0 spiro atoms. The van der Waals surface area contributed by atoms with Crippen molar-refractivity contribution in [1.82, 2.24) is 0 Å². The van der Waals surface area contributed by atoms with Crippen molar-refractivity contribution in [1.29, 1.82) is 0 Å². The summed E-state index contributed by atoms with van der Waals surface area (Å²) >= 11 is 0. The molecule has 0 aromatic rings. The fourth-order valence-electron chi connectivity index (χ4n) is 0.776. The standard InChI is InChI=1S/C9H15NO2/c1-6(2)8(10-5)9(11)12-7(3)4/h6-8H,1-4H3/t8-/m0/s1. The Hall–Kier alpha value is -1.04. The van der Waals surface area contributed by atoms with E-state index >= 15 is 0 Å². The Labute approximate surface area is 73.5 Å². The van der Waals surface area contributed by atoms with Crippen molar-refractivity contribution >= 4 is 5.97 Å². The van der Waals surface area contributed by atoms with E-state index in [-0.39, 0.29) is 12.0 Å². The predicted molar refractivity (Wildman–Crippen MR) is 46.5 cm³/mol. The van der Waals surface area contributed by atoms with Crippen molar-refractivity contribution in [2.75, 3.05) is 0 Å². The molecule has 0 saturated heterocycles. The number of hydrogen-bond donors (Lipinski definition) is 0. The molecule has 0 heterocycles. The third kappa shape index (κ3) is 3.38. The number of nitrogens with zero attached hydrogens (tertiary/aromatic N) is 1. The Bertz CT molecular complexity index is 191. The van der Waals surface area contributed by atoms with Crippen LogP contribution in [0.4, 0.5) is 0 Å². The molecule has 0 unspecified atom stereocenters. The molecule has 0 bridgehead atoms. The first-order valence-electron chi connectivity index (χ1n) is 4.06. The first-order valence-corrected chi connectivity index (χ1v) is 4.06. The summed E-state index contributed by atoms with van der Waals surface area (Å²) in [4.78, 5) is 14.4. The maximum absolute atomic E-state index is 11.2. The second-order valence-electron chi connectivity index (χ2n) is 3.30. The van der Waals surface area contributed by atoms with Crippen LogP contribution in [0.1, 0.15) is 27.7 Å². The molecule has 1 atom stereocenters. The lowest BCUT2D eigenvalue weighted by molar-refractivity contribution is -0.148. The zero-order valence-corrected chi connectivity index (χ0v) is 8.00. The number of ether oxygens (including phenoxy) is 1. The molecule has 0 aliphatic heterocycles. The molecule has 0 aromatic carbocycles. The third-order valence-corrected chi connectivity index (χ3v) is 1.36. The average molecular weight is 169 g/mol. The number of carbonyl (C=O) groups is 1. The van der Waals surface area contributed by atoms with Gasteiger partial charge in [0.15, 0.2) is 0 Å². The second-order valence-corrected chi connectivity index (χ2v) is 3.30. The highest BCUT2D eigenvalue weighted by Crippen LogP contribution is 2.09. The molecule has 12 heavy (non-hydrogen) atoms. The third-order valence-electron chi connectivity index (χ3n) is 1.36. The highest BCUT2D eigenvalue weighted by atomic mass is 16.5. The molecule has 68 valence electrons. The zero-order valence-electron chi connectivity index (χ0n) is 8.00. The summed E-state index contributed by atoms with van der Waals surface area (Å²) in [6.07, 6.45) is -0.138. The molecule has 3 nitrogen and oxygen atoms in total. The average Bonchev–Trinajstić information content (AvgIpc) is 1.85. The quantitative estimate of drug-likeness (QED) is 0.477. The Morgan fingerprint density at radius 3 is 2.08 bits per heavy atom. The first-order chi connectivity index (χ1) is 5.49. The molecule has 0 aliphatic carbocycles. The smallest absolute Gasteiger partial charge is 0.390 e. The van der Waals surface area contributed by atoms with Crippen LogP contribution in [-0.4, -0.2) is 18.1 Å². The number of hydrogen-bond acceptors (Lipinski definition) is 2. The topological polar surface area (TPSA) is 30.7 Å². The van der Waals surface area contributed by atoms with Crippen molar-refractivity contribution in [2.24, 2.45) is 5.92 Å². The molecule has 0 N–H and O–H groups in total. The molecule has 0 aromatic heterocycles. The second kappa shape index (κ2) is 4.76. The van der Waals surface area contributed by atoms with Crippen LogP contribution < -0.4 is 0 Å². The van der Waals surface area contributed by atoms with Gasteiger partial charge in [-0.15, -0.1) is 0 Å². The van der Waals surface area contributed by atoms with Crippen LogP contribution in [0.25, 0.3) is 4.85 Å². The van der Waals surface area contributed by atoms with E-state index in [1.54, 1.807) is 13.8 Å². The predicted octanol–water partition coefficient (Wildman–Crippen LogP) is 1.88. The lowest BCUT2D eigenvalue weighted by Crippen LogP contribution is -2.27. The summed E-state index contributed by atoms with van der Waals surface area (Å²) in [7, 11) is 0. The Kier molecular flexibility index (Phi) is 4.35. The molecule has 0 amide bonds.